The summed E-state index contributed by atoms with van der Waals surface area (Å²) in [5.41, 5.74) is 1.76. The molecule has 1 amide bonds. The molecule has 0 bridgehead atoms. The van der Waals surface area contributed by atoms with Gasteiger partial charge in [-0.05, 0) is 49.6 Å². The van der Waals surface area contributed by atoms with Crippen LogP contribution in [0.4, 0.5) is 10.1 Å². The fraction of sp³-hybridized carbons (Fsp3) is 0.364. The number of methoxy groups -OCH3 is 1. The normalized spacial score (nSPS) is 14.6. The molecule has 3 rings (SSSR count). The maximum atomic E-state index is 14.1. The van der Waals surface area contributed by atoms with Crippen molar-refractivity contribution in [1.82, 2.24) is 5.32 Å². The van der Waals surface area contributed by atoms with Crippen molar-refractivity contribution in [2.75, 3.05) is 25.1 Å². The lowest BCUT2D eigenvalue weighted by atomic mass is 9.94. The number of carbonyl (C=O) groups excluding carboxylic acids is 2. The molecule has 28 heavy (non-hydrogen) atoms. The number of benzene rings is 2. The van der Waals surface area contributed by atoms with Crippen molar-refractivity contribution in [3.05, 3.63) is 59.4 Å². The van der Waals surface area contributed by atoms with Gasteiger partial charge in [-0.25, -0.2) is 4.39 Å². The van der Waals surface area contributed by atoms with Crippen LogP contribution in [0.15, 0.2) is 42.5 Å². The molecule has 1 aliphatic heterocycles. The van der Waals surface area contributed by atoms with Gasteiger partial charge >= 0.3 is 0 Å². The molecule has 1 heterocycles. The number of amides is 1. The van der Waals surface area contributed by atoms with Gasteiger partial charge in [0.2, 0.25) is 5.91 Å². The van der Waals surface area contributed by atoms with Gasteiger partial charge in [-0.15, -0.1) is 0 Å². The van der Waals surface area contributed by atoms with Gasteiger partial charge in [0.05, 0.1) is 18.4 Å². The highest BCUT2D eigenvalue weighted by Crippen LogP contribution is 2.28. The quantitative estimate of drug-likeness (QED) is 0.774. The molecular formula is C22H25FN2O3. The van der Waals surface area contributed by atoms with E-state index in [-0.39, 0.29) is 23.2 Å². The summed E-state index contributed by atoms with van der Waals surface area (Å²) >= 11 is 0. The molecule has 0 saturated carbocycles. The number of ketones is 1. The average Bonchev–Trinajstić information content (AvgIpc) is 2.72. The summed E-state index contributed by atoms with van der Waals surface area (Å²) < 4.78 is 19.2. The van der Waals surface area contributed by atoms with Gasteiger partial charge in [-0.3, -0.25) is 9.59 Å². The Morgan fingerprint density at radius 2 is 1.82 bits per heavy atom. The second-order valence-electron chi connectivity index (χ2n) is 7.02. The standard InChI is InChI=1S/C22H25FN2O3/c1-15(26)21-19(23)4-3-5-20(21)25-12-10-17(11-13-25)22(27)24-14-16-6-8-18(28-2)9-7-16/h3-9,17H,10-14H2,1-2H3,(H,24,27). The zero-order valence-corrected chi connectivity index (χ0v) is 16.2. The Morgan fingerprint density at radius 3 is 2.43 bits per heavy atom. The summed E-state index contributed by atoms with van der Waals surface area (Å²) in [6.07, 6.45) is 1.34. The number of hydrogen-bond acceptors (Lipinski definition) is 4. The smallest absolute Gasteiger partial charge is 0.223 e. The van der Waals surface area contributed by atoms with Gasteiger partial charge in [0, 0.05) is 25.6 Å². The largest absolute Gasteiger partial charge is 0.497 e. The van der Waals surface area contributed by atoms with Crippen LogP contribution in [-0.2, 0) is 11.3 Å². The van der Waals surface area contributed by atoms with Crippen molar-refractivity contribution in [2.45, 2.75) is 26.3 Å². The maximum Gasteiger partial charge on any atom is 0.223 e. The molecule has 1 N–H and O–H groups in total. The zero-order valence-electron chi connectivity index (χ0n) is 16.2. The van der Waals surface area contributed by atoms with Crippen molar-refractivity contribution in [2.24, 2.45) is 5.92 Å². The van der Waals surface area contributed by atoms with Crippen LogP contribution in [0.25, 0.3) is 0 Å². The number of hydrogen-bond donors (Lipinski definition) is 1. The van der Waals surface area contributed by atoms with Gasteiger partial charge in [-0.2, -0.15) is 0 Å². The minimum absolute atomic E-state index is 0.0292. The van der Waals surface area contributed by atoms with E-state index in [1.54, 1.807) is 19.2 Å². The number of halogens is 1. The number of nitrogens with zero attached hydrogens (tertiary/aromatic N) is 1. The number of ether oxygens (including phenoxy) is 1. The molecule has 0 aliphatic carbocycles. The Hall–Kier alpha value is -2.89. The number of piperidine rings is 1. The van der Waals surface area contributed by atoms with Crippen LogP contribution in [-0.4, -0.2) is 31.9 Å². The van der Waals surface area contributed by atoms with E-state index in [9.17, 15) is 14.0 Å². The average molecular weight is 384 g/mol. The van der Waals surface area contributed by atoms with Gasteiger partial charge in [-0.1, -0.05) is 18.2 Å². The summed E-state index contributed by atoms with van der Waals surface area (Å²) in [6.45, 7) is 3.08. The van der Waals surface area contributed by atoms with E-state index in [4.69, 9.17) is 4.74 Å². The van der Waals surface area contributed by atoms with E-state index in [1.807, 2.05) is 29.2 Å². The lowest BCUT2D eigenvalue weighted by Gasteiger charge is -2.34. The minimum Gasteiger partial charge on any atom is -0.497 e. The lowest BCUT2D eigenvalue weighted by Crippen LogP contribution is -2.40. The van der Waals surface area contributed by atoms with E-state index in [0.717, 1.165) is 11.3 Å². The van der Waals surface area contributed by atoms with Crippen LogP contribution in [0.1, 0.15) is 35.7 Å². The highest BCUT2D eigenvalue weighted by Gasteiger charge is 2.27. The molecule has 1 aliphatic rings. The van der Waals surface area contributed by atoms with Crippen LogP contribution in [0.3, 0.4) is 0 Å². The Bertz CT molecular complexity index is 843. The van der Waals surface area contributed by atoms with Crippen LogP contribution in [0.5, 0.6) is 5.75 Å². The van der Waals surface area contributed by atoms with Crippen molar-refractivity contribution in [1.29, 1.82) is 0 Å². The summed E-state index contributed by atoms with van der Waals surface area (Å²) in [7, 11) is 1.62. The number of nitrogens with one attached hydrogen (secondary N) is 1. The minimum atomic E-state index is -0.496. The van der Waals surface area contributed by atoms with E-state index in [0.29, 0.717) is 38.2 Å². The second kappa shape index (κ2) is 8.87. The number of carbonyl (C=O) groups is 2. The summed E-state index contributed by atoms with van der Waals surface area (Å²) in [6, 6.07) is 12.3. The molecule has 0 radical (unpaired) electrons. The van der Waals surface area contributed by atoms with Gasteiger partial charge in [0.25, 0.3) is 0 Å². The topological polar surface area (TPSA) is 58.6 Å². The molecule has 148 valence electrons. The SMILES string of the molecule is COc1ccc(CNC(=O)C2CCN(c3cccc(F)c3C(C)=O)CC2)cc1. The van der Waals surface area contributed by atoms with Crippen molar-refractivity contribution >= 4 is 17.4 Å². The van der Waals surface area contributed by atoms with Gasteiger partial charge in [0.1, 0.15) is 11.6 Å². The molecule has 0 spiro atoms. The first-order valence-electron chi connectivity index (χ1n) is 9.44. The first-order valence-corrected chi connectivity index (χ1v) is 9.44. The Balaban J connectivity index is 1.55. The third kappa shape index (κ3) is 4.50. The van der Waals surface area contributed by atoms with Crippen molar-refractivity contribution in [3.63, 3.8) is 0 Å². The van der Waals surface area contributed by atoms with E-state index >= 15 is 0 Å². The predicted octanol–water partition coefficient (Wildman–Crippen LogP) is 3.57. The van der Waals surface area contributed by atoms with Gasteiger partial charge < -0.3 is 15.0 Å². The van der Waals surface area contributed by atoms with Crippen molar-refractivity contribution < 1.29 is 18.7 Å². The highest BCUT2D eigenvalue weighted by molar-refractivity contribution is 6.00. The maximum absolute atomic E-state index is 14.1. The predicted molar refractivity (Wildman–Crippen MR) is 106 cm³/mol. The summed E-state index contributed by atoms with van der Waals surface area (Å²) in [5.74, 6) is -0.0492. The summed E-state index contributed by atoms with van der Waals surface area (Å²) in [4.78, 5) is 26.3. The number of rotatable bonds is 6. The summed E-state index contributed by atoms with van der Waals surface area (Å²) in [5, 5.41) is 2.99. The van der Waals surface area contributed by atoms with E-state index < -0.39 is 5.82 Å². The fourth-order valence-corrected chi connectivity index (χ4v) is 3.58. The van der Waals surface area contributed by atoms with Crippen LogP contribution in [0.2, 0.25) is 0 Å². The monoisotopic (exact) mass is 384 g/mol. The third-order valence-electron chi connectivity index (χ3n) is 5.18. The first kappa shape index (κ1) is 19.9. The van der Waals surface area contributed by atoms with Crippen LogP contribution in [0, 0.1) is 11.7 Å². The molecule has 6 heteroatoms. The molecule has 0 aromatic heterocycles. The Kier molecular flexibility index (Phi) is 6.29. The molecule has 2 aromatic carbocycles. The fourth-order valence-electron chi connectivity index (χ4n) is 3.58. The Labute approximate surface area is 164 Å². The molecule has 2 aromatic rings. The second-order valence-corrected chi connectivity index (χ2v) is 7.02. The van der Waals surface area contributed by atoms with Crippen molar-refractivity contribution in [3.8, 4) is 5.75 Å². The lowest BCUT2D eigenvalue weighted by molar-refractivity contribution is -0.125. The highest BCUT2D eigenvalue weighted by atomic mass is 19.1. The van der Waals surface area contributed by atoms with Gasteiger partial charge in [0.15, 0.2) is 5.78 Å². The molecule has 0 atom stereocenters. The molecule has 5 nitrogen and oxygen atoms in total. The molecular weight excluding hydrogens is 359 g/mol. The zero-order chi connectivity index (χ0) is 20.1. The van der Waals surface area contributed by atoms with Crippen LogP contribution < -0.4 is 15.0 Å². The molecule has 1 saturated heterocycles. The Morgan fingerprint density at radius 1 is 1.14 bits per heavy atom. The van der Waals surface area contributed by atoms with E-state index in [2.05, 4.69) is 5.32 Å². The van der Waals surface area contributed by atoms with E-state index in [1.165, 1.54) is 13.0 Å². The molecule has 1 fully saturated rings. The van der Waals surface area contributed by atoms with Crippen LogP contribution >= 0.6 is 0 Å². The molecule has 0 unspecified atom stereocenters. The number of Topliss-reactive ketones (excluding diaryl/α,β-unsaturated/α-hetero) is 1. The first-order chi connectivity index (χ1) is 13.5. The third-order valence-corrected chi connectivity index (χ3v) is 5.18. The number of anilines is 1.